The van der Waals surface area contributed by atoms with E-state index in [2.05, 4.69) is 5.32 Å². The second-order valence-electron chi connectivity index (χ2n) is 6.86. The lowest BCUT2D eigenvalue weighted by atomic mass is 10.1. The van der Waals surface area contributed by atoms with E-state index in [9.17, 15) is 13.2 Å². The summed E-state index contributed by atoms with van der Waals surface area (Å²) in [5.74, 6) is -0.374. The number of rotatable bonds is 7. The van der Waals surface area contributed by atoms with Crippen molar-refractivity contribution < 1.29 is 13.2 Å². The molecule has 3 aromatic rings. The molecule has 0 aliphatic heterocycles. The van der Waals surface area contributed by atoms with Crippen molar-refractivity contribution in [3.8, 4) is 0 Å². The molecule has 1 atom stereocenters. The van der Waals surface area contributed by atoms with Gasteiger partial charge < -0.3 is 5.32 Å². The summed E-state index contributed by atoms with van der Waals surface area (Å²) in [4.78, 5) is 12.9. The lowest BCUT2D eigenvalue weighted by Crippen LogP contribution is -2.41. The first kappa shape index (κ1) is 20.6. The summed E-state index contributed by atoms with van der Waals surface area (Å²) in [6.45, 7) is 3.45. The number of nitrogens with one attached hydrogen (secondary N) is 1. The Bertz CT molecular complexity index is 1050. The third-order valence-electron chi connectivity index (χ3n) is 4.62. The molecule has 0 unspecified atom stereocenters. The van der Waals surface area contributed by atoms with Crippen molar-refractivity contribution >= 4 is 21.6 Å². The fourth-order valence-corrected chi connectivity index (χ4v) is 4.41. The minimum absolute atomic E-state index is 0.149. The molecule has 1 amide bonds. The second kappa shape index (κ2) is 8.92. The fraction of sp³-hybridized carbons (Fsp3) is 0.174. The molecule has 6 heteroatoms. The summed E-state index contributed by atoms with van der Waals surface area (Å²) in [5.41, 5.74) is 2.36. The van der Waals surface area contributed by atoms with Crippen molar-refractivity contribution in [1.29, 1.82) is 0 Å². The van der Waals surface area contributed by atoms with Crippen LogP contribution in [0.3, 0.4) is 0 Å². The maximum absolute atomic E-state index is 13.3. The maximum Gasteiger partial charge on any atom is 0.264 e. The topological polar surface area (TPSA) is 66.5 Å². The highest BCUT2D eigenvalue weighted by Crippen LogP contribution is 2.24. The number of para-hydroxylation sites is 1. The van der Waals surface area contributed by atoms with E-state index in [4.69, 9.17) is 0 Å². The Hall–Kier alpha value is -3.12. The molecule has 3 rings (SSSR count). The average molecular weight is 409 g/mol. The highest BCUT2D eigenvalue weighted by molar-refractivity contribution is 7.92. The van der Waals surface area contributed by atoms with Crippen molar-refractivity contribution in [2.75, 3.05) is 10.8 Å². The molecule has 29 heavy (non-hydrogen) atoms. The number of amides is 1. The van der Waals surface area contributed by atoms with Crippen molar-refractivity contribution in [2.45, 2.75) is 24.8 Å². The quantitative estimate of drug-likeness (QED) is 0.641. The Labute approximate surface area is 172 Å². The summed E-state index contributed by atoms with van der Waals surface area (Å²) in [6, 6.07) is 24.6. The van der Waals surface area contributed by atoms with Crippen LogP contribution in [0.4, 0.5) is 5.69 Å². The number of carbonyl (C=O) groups excluding carboxylic acids is 1. The molecule has 1 N–H and O–H groups in total. The number of sulfonamides is 1. The van der Waals surface area contributed by atoms with Gasteiger partial charge in [0.05, 0.1) is 16.6 Å². The Kier molecular flexibility index (Phi) is 6.34. The third kappa shape index (κ3) is 5.03. The minimum Gasteiger partial charge on any atom is -0.348 e. The lowest BCUT2D eigenvalue weighted by molar-refractivity contribution is -0.120. The zero-order valence-electron chi connectivity index (χ0n) is 16.4. The molecule has 0 bridgehead atoms. The van der Waals surface area contributed by atoms with Gasteiger partial charge in [-0.1, -0.05) is 66.2 Å². The Morgan fingerprint density at radius 2 is 1.45 bits per heavy atom. The van der Waals surface area contributed by atoms with E-state index in [0.717, 1.165) is 15.4 Å². The van der Waals surface area contributed by atoms with Gasteiger partial charge in [0.15, 0.2) is 0 Å². The molecule has 3 aromatic carbocycles. The van der Waals surface area contributed by atoms with E-state index in [1.807, 2.05) is 44.2 Å². The van der Waals surface area contributed by atoms with Gasteiger partial charge in [-0.05, 0) is 43.7 Å². The van der Waals surface area contributed by atoms with Gasteiger partial charge in [-0.15, -0.1) is 0 Å². The SMILES string of the molecule is Cc1ccc(S(=O)(=O)N(CC(=O)N[C@@H](C)c2ccccc2)c2ccccc2)cc1. The molecule has 0 aromatic heterocycles. The van der Waals surface area contributed by atoms with Gasteiger partial charge in [-0.25, -0.2) is 8.42 Å². The molecule has 150 valence electrons. The molecule has 0 saturated heterocycles. The predicted molar refractivity (Wildman–Crippen MR) is 115 cm³/mol. The van der Waals surface area contributed by atoms with Crippen molar-refractivity contribution in [2.24, 2.45) is 0 Å². The van der Waals surface area contributed by atoms with Crippen molar-refractivity contribution in [3.63, 3.8) is 0 Å². The molecular weight excluding hydrogens is 384 g/mol. The van der Waals surface area contributed by atoms with Gasteiger partial charge in [-0.2, -0.15) is 0 Å². The van der Waals surface area contributed by atoms with E-state index < -0.39 is 10.0 Å². The molecule has 0 aliphatic carbocycles. The van der Waals surface area contributed by atoms with E-state index in [0.29, 0.717) is 5.69 Å². The van der Waals surface area contributed by atoms with Crippen LogP contribution in [0.25, 0.3) is 0 Å². The Balaban J connectivity index is 1.86. The van der Waals surface area contributed by atoms with Crippen LogP contribution in [0.2, 0.25) is 0 Å². The molecule has 0 radical (unpaired) electrons. The number of nitrogens with zero attached hydrogens (tertiary/aromatic N) is 1. The fourth-order valence-electron chi connectivity index (χ4n) is 2.99. The number of benzene rings is 3. The smallest absolute Gasteiger partial charge is 0.264 e. The van der Waals surface area contributed by atoms with Crippen molar-refractivity contribution in [1.82, 2.24) is 5.32 Å². The average Bonchev–Trinajstić information content (AvgIpc) is 2.73. The van der Waals surface area contributed by atoms with Crippen LogP contribution in [-0.4, -0.2) is 20.9 Å². The monoisotopic (exact) mass is 408 g/mol. The van der Waals surface area contributed by atoms with Crippen LogP contribution in [0.5, 0.6) is 0 Å². The van der Waals surface area contributed by atoms with Crippen LogP contribution >= 0.6 is 0 Å². The van der Waals surface area contributed by atoms with Crippen LogP contribution in [0.1, 0.15) is 24.1 Å². The molecule has 0 spiro atoms. The summed E-state index contributed by atoms with van der Waals surface area (Å²) in [7, 11) is -3.89. The highest BCUT2D eigenvalue weighted by atomic mass is 32.2. The Morgan fingerprint density at radius 3 is 2.03 bits per heavy atom. The zero-order chi connectivity index (χ0) is 20.9. The van der Waals surface area contributed by atoms with E-state index in [1.165, 1.54) is 0 Å². The standard InChI is InChI=1S/C23H24N2O3S/c1-18-13-15-22(16-14-18)29(27,28)25(21-11-7-4-8-12-21)17-23(26)24-19(2)20-9-5-3-6-10-20/h3-16,19H,17H2,1-2H3,(H,24,26)/t19-/m0/s1. The molecule has 5 nitrogen and oxygen atoms in total. The Morgan fingerprint density at radius 1 is 0.897 bits per heavy atom. The summed E-state index contributed by atoms with van der Waals surface area (Å²) in [5, 5.41) is 2.88. The first-order chi connectivity index (χ1) is 13.9. The minimum atomic E-state index is -3.89. The zero-order valence-corrected chi connectivity index (χ0v) is 17.3. The number of aryl methyl sites for hydroxylation is 1. The molecule has 0 fully saturated rings. The van der Waals surface area contributed by atoms with E-state index in [-0.39, 0.29) is 23.4 Å². The van der Waals surface area contributed by atoms with Crippen LogP contribution in [-0.2, 0) is 14.8 Å². The van der Waals surface area contributed by atoms with Gasteiger partial charge in [-0.3, -0.25) is 9.10 Å². The van der Waals surface area contributed by atoms with E-state index in [1.54, 1.807) is 54.6 Å². The molecule has 0 heterocycles. The summed E-state index contributed by atoms with van der Waals surface area (Å²) in [6.07, 6.45) is 0. The third-order valence-corrected chi connectivity index (χ3v) is 6.41. The lowest BCUT2D eigenvalue weighted by Gasteiger charge is -2.25. The number of hydrogen-bond acceptors (Lipinski definition) is 3. The largest absolute Gasteiger partial charge is 0.348 e. The van der Waals surface area contributed by atoms with Crippen LogP contribution in [0, 0.1) is 6.92 Å². The number of anilines is 1. The maximum atomic E-state index is 13.3. The van der Waals surface area contributed by atoms with Gasteiger partial charge in [0.1, 0.15) is 6.54 Å². The summed E-state index contributed by atoms with van der Waals surface area (Å²) < 4.78 is 27.7. The van der Waals surface area contributed by atoms with Crippen molar-refractivity contribution in [3.05, 3.63) is 96.1 Å². The van der Waals surface area contributed by atoms with Gasteiger partial charge in [0.25, 0.3) is 10.0 Å². The second-order valence-corrected chi connectivity index (χ2v) is 8.72. The highest BCUT2D eigenvalue weighted by Gasteiger charge is 2.27. The van der Waals surface area contributed by atoms with Gasteiger partial charge in [0.2, 0.25) is 5.91 Å². The van der Waals surface area contributed by atoms with Gasteiger partial charge in [0, 0.05) is 0 Å². The van der Waals surface area contributed by atoms with Gasteiger partial charge >= 0.3 is 0 Å². The molecule has 0 aliphatic rings. The summed E-state index contributed by atoms with van der Waals surface area (Å²) >= 11 is 0. The normalized spacial score (nSPS) is 12.2. The molecule has 0 saturated carbocycles. The first-order valence-electron chi connectivity index (χ1n) is 9.36. The van der Waals surface area contributed by atoms with Crippen LogP contribution in [0.15, 0.2) is 89.8 Å². The number of hydrogen-bond donors (Lipinski definition) is 1. The first-order valence-corrected chi connectivity index (χ1v) is 10.8. The predicted octanol–water partition coefficient (Wildman–Crippen LogP) is 4.07. The number of carbonyl (C=O) groups is 1. The van der Waals surface area contributed by atoms with E-state index >= 15 is 0 Å². The van der Waals surface area contributed by atoms with Crippen LogP contribution < -0.4 is 9.62 Å². The molecular formula is C23H24N2O3S.